The minimum absolute atomic E-state index is 0.168. The van der Waals surface area contributed by atoms with Crippen molar-refractivity contribution in [2.45, 2.75) is 39.5 Å². The van der Waals surface area contributed by atoms with Crippen molar-refractivity contribution in [3.8, 4) is 0 Å². The molecule has 0 fully saturated rings. The van der Waals surface area contributed by atoms with Gasteiger partial charge in [-0.3, -0.25) is 9.59 Å². The molecule has 0 saturated carbocycles. The molecule has 1 aromatic heterocycles. The molecule has 5 heteroatoms. The number of hydrogen-bond acceptors (Lipinski definition) is 3. The maximum absolute atomic E-state index is 12.0. The molecule has 2 amide bonds. The summed E-state index contributed by atoms with van der Waals surface area (Å²) in [6, 6.07) is 3.29. The molecule has 0 radical (unpaired) electrons. The van der Waals surface area contributed by atoms with Crippen molar-refractivity contribution in [3.63, 3.8) is 0 Å². The number of carbonyl (C=O) groups is 2. The zero-order valence-corrected chi connectivity index (χ0v) is 12.4. The first-order chi connectivity index (χ1) is 9.69. The van der Waals surface area contributed by atoms with Crippen molar-refractivity contribution in [2.75, 3.05) is 19.6 Å². The Kier molecular flexibility index (Phi) is 7.47. The molecule has 20 heavy (non-hydrogen) atoms. The van der Waals surface area contributed by atoms with E-state index in [2.05, 4.69) is 19.2 Å². The first-order valence-corrected chi connectivity index (χ1v) is 7.28. The van der Waals surface area contributed by atoms with Gasteiger partial charge < -0.3 is 14.6 Å². The van der Waals surface area contributed by atoms with E-state index in [4.69, 9.17) is 4.42 Å². The van der Waals surface area contributed by atoms with Crippen LogP contribution in [0.25, 0.3) is 0 Å². The Morgan fingerprint density at radius 2 is 1.95 bits per heavy atom. The Balaban J connectivity index is 2.22. The van der Waals surface area contributed by atoms with Gasteiger partial charge in [-0.2, -0.15) is 0 Å². The molecule has 0 unspecified atom stereocenters. The van der Waals surface area contributed by atoms with Crippen LogP contribution < -0.4 is 5.32 Å². The molecule has 0 aliphatic rings. The molecule has 0 bridgehead atoms. The first-order valence-electron chi connectivity index (χ1n) is 7.28. The molecule has 0 spiro atoms. The second kappa shape index (κ2) is 9.18. The summed E-state index contributed by atoms with van der Waals surface area (Å²) >= 11 is 0. The van der Waals surface area contributed by atoms with Crippen LogP contribution in [0.5, 0.6) is 0 Å². The molecule has 0 aromatic carbocycles. The van der Waals surface area contributed by atoms with Gasteiger partial charge in [0.05, 0.1) is 6.26 Å². The summed E-state index contributed by atoms with van der Waals surface area (Å²) in [4.78, 5) is 25.5. The molecule has 1 rings (SSSR count). The van der Waals surface area contributed by atoms with Gasteiger partial charge in [0.2, 0.25) is 5.91 Å². The lowest BCUT2D eigenvalue weighted by Gasteiger charge is -2.21. The summed E-state index contributed by atoms with van der Waals surface area (Å²) in [5, 5.41) is 2.74. The van der Waals surface area contributed by atoms with E-state index in [0.29, 0.717) is 25.1 Å². The lowest BCUT2D eigenvalue weighted by molar-refractivity contribution is -0.131. The maximum Gasteiger partial charge on any atom is 0.286 e. The van der Waals surface area contributed by atoms with E-state index >= 15 is 0 Å². The summed E-state index contributed by atoms with van der Waals surface area (Å²) in [5.41, 5.74) is 0. The number of carbonyl (C=O) groups excluding carboxylic acids is 2. The predicted octanol–water partition coefficient (Wildman–Crippen LogP) is 2.44. The van der Waals surface area contributed by atoms with Gasteiger partial charge in [0.25, 0.3) is 5.91 Å². The molecule has 5 nitrogen and oxygen atoms in total. The van der Waals surface area contributed by atoms with Crippen LogP contribution >= 0.6 is 0 Å². The minimum atomic E-state index is -0.235. The van der Waals surface area contributed by atoms with E-state index in [1.54, 1.807) is 12.1 Å². The summed E-state index contributed by atoms with van der Waals surface area (Å²) in [6.07, 6.45) is 4.53. The summed E-state index contributed by atoms with van der Waals surface area (Å²) in [7, 11) is 0. The topological polar surface area (TPSA) is 62.6 Å². The van der Waals surface area contributed by atoms with Gasteiger partial charge in [-0.05, 0) is 31.4 Å². The molecular formula is C15H24N2O3. The van der Waals surface area contributed by atoms with Gasteiger partial charge >= 0.3 is 0 Å². The van der Waals surface area contributed by atoms with Crippen molar-refractivity contribution in [1.82, 2.24) is 10.2 Å². The highest BCUT2D eigenvalue weighted by atomic mass is 16.3. The fourth-order valence-corrected chi connectivity index (χ4v) is 2.00. The number of nitrogens with zero attached hydrogens (tertiary/aromatic N) is 1. The van der Waals surface area contributed by atoms with Crippen molar-refractivity contribution < 1.29 is 14.0 Å². The first kappa shape index (κ1) is 16.3. The maximum atomic E-state index is 12.0. The average Bonchev–Trinajstić information content (AvgIpc) is 2.97. The monoisotopic (exact) mass is 280 g/mol. The highest BCUT2D eigenvalue weighted by Gasteiger charge is 2.12. The number of nitrogens with one attached hydrogen (secondary N) is 1. The molecule has 0 saturated heterocycles. The predicted molar refractivity (Wildman–Crippen MR) is 77.4 cm³/mol. The third-order valence-electron chi connectivity index (χ3n) is 2.94. The third-order valence-corrected chi connectivity index (χ3v) is 2.94. The molecule has 1 N–H and O–H groups in total. The van der Waals surface area contributed by atoms with Gasteiger partial charge in [-0.15, -0.1) is 0 Å². The average molecular weight is 280 g/mol. The summed E-state index contributed by atoms with van der Waals surface area (Å²) in [6.45, 7) is 6.24. The summed E-state index contributed by atoms with van der Waals surface area (Å²) < 4.78 is 4.99. The van der Waals surface area contributed by atoms with E-state index in [1.165, 1.54) is 6.26 Å². The summed E-state index contributed by atoms with van der Waals surface area (Å²) in [5.74, 6) is 0.234. The Bertz CT molecular complexity index is 395. The van der Waals surface area contributed by atoms with Crippen LogP contribution in [0.15, 0.2) is 22.8 Å². The quantitative estimate of drug-likeness (QED) is 0.707. The van der Waals surface area contributed by atoms with Crippen LogP contribution in [-0.4, -0.2) is 36.3 Å². The highest BCUT2D eigenvalue weighted by molar-refractivity contribution is 5.91. The second-order valence-electron chi connectivity index (χ2n) is 4.72. The fourth-order valence-electron chi connectivity index (χ4n) is 2.00. The van der Waals surface area contributed by atoms with Crippen molar-refractivity contribution >= 4 is 11.8 Å². The Morgan fingerprint density at radius 3 is 2.50 bits per heavy atom. The minimum Gasteiger partial charge on any atom is -0.459 e. The van der Waals surface area contributed by atoms with E-state index in [0.717, 1.165) is 25.9 Å². The Hall–Kier alpha value is -1.78. The number of amides is 2. The van der Waals surface area contributed by atoms with Gasteiger partial charge in [-0.1, -0.05) is 13.8 Å². The lowest BCUT2D eigenvalue weighted by Crippen LogP contribution is -2.33. The number of hydrogen-bond donors (Lipinski definition) is 1. The van der Waals surface area contributed by atoms with Crippen molar-refractivity contribution in [3.05, 3.63) is 24.2 Å². The van der Waals surface area contributed by atoms with E-state index in [-0.39, 0.29) is 11.8 Å². The third kappa shape index (κ3) is 5.47. The van der Waals surface area contributed by atoms with Crippen molar-refractivity contribution in [2.24, 2.45) is 0 Å². The van der Waals surface area contributed by atoms with Crippen LogP contribution in [-0.2, 0) is 4.79 Å². The van der Waals surface area contributed by atoms with Crippen LogP contribution in [0.4, 0.5) is 0 Å². The zero-order valence-electron chi connectivity index (χ0n) is 12.4. The number of furan rings is 1. The Morgan fingerprint density at radius 1 is 1.25 bits per heavy atom. The largest absolute Gasteiger partial charge is 0.459 e. The number of rotatable bonds is 9. The molecule has 112 valence electrons. The normalized spacial score (nSPS) is 10.3. The Labute approximate surface area is 120 Å². The molecular weight excluding hydrogens is 256 g/mol. The molecule has 1 aromatic rings. The van der Waals surface area contributed by atoms with Gasteiger partial charge in [0.15, 0.2) is 5.76 Å². The van der Waals surface area contributed by atoms with Gasteiger partial charge in [-0.25, -0.2) is 0 Å². The van der Waals surface area contributed by atoms with Crippen molar-refractivity contribution in [1.29, 1.82) is 0 Å². The van der Waals surface area contributed by atoms with E-state index in [9.17, 15) is 9.59 Å². The fraction of sp³-hybridized carbons (Fsp3) is 0.600. The zero-order chi connectivity index (χ0) is 14.8. The van der Waals surface area contributed by atoms with Gasteiger partial charge in [0, 0.05) is 26.1 Å². The molecule has 0 aliphatic heterocycles. The van der Waals surface area contributed by atoms with Crippen LogP contribution in [0.3, 0.4) is 0 Å². The van der Waals surface area contributed by atoms with Crippen LogP contribution in [0.2, 0.25) is 0 Å². The van der Waals surface area contributed by atoms with Crippen LogP contribution in [0, 0.1) is 0 Å². The standard InChI is InChI=1S/C15H24N2O3/c1-3-10-17(11-4-2)14(18)8-5-9-16-15(19)13-7-6-12-20-13/h6-7,12H,3-5,8-11H2,1-2H3,(H,16,19). The van der Waals surface area contributed by atoms with E-state index < -0.39 is 0 Å². The highest BCUT2D eigenvalue weighted by Crippen LogP contribution is 2.02. The van der Waals surface area contributed by atoms with Crippen LogP contribution in [0.1, 0.15) is 50.1 Å². The lowest BCUT2D eigenvalue weighted by atomic mass is 10.2. The SMILES string of the molecule is CCCN(CCC)C(=O)CCCNC(=O)c1ccco1. The second-order valence-corrected chi connectivity index (χ2v) is 4.72. The molecule has 1 heterocycles. The van der Waals surface area contributed by atoms with Gasteiger partial charge in [0.1, 0.15) is 0 Å². The van der Waals surface area contributed by atoms with E-state index in [1.807, 2.05) is 4.90 Å². The molecule has 0 aliphatic carbocycles. The smallest absolute Gasteiger partial charge is 0.286 e. The molecule has 0 atom stereocenters.